The summed E-state index contributed by atoms with van der Waals surface area (Å²) >= 11 is 0. The number of rotatable bonds is 6. The Hall–Kier alpha value is -0.870. The molecule has 1 atom stereocenters. The first-order valence-corrected chi connectivity index (χ1v) is 11.1. The average Bonchev–Trinajstić information content (AvgIpc) is 2.57. The average molecular weight is 386 g/mol. The van der Waals surface area contributed by atoms with Crippen LogP contribution in [-0.4, -0.2) is 29.6 Å². The summed E-state index contributed by atoms with van der Waals surface area (Å²) < 4.78 is 16.4. The molecule has 4 heteroatoms. The Labute approximate surface area is 166 Å². The van der Waals surface area contributed by atoms with Gasteiger partial charge in [0.25, 0.3) is 0 Å². The lowest BCUT2D eigenvalue weighted by atomic mass is 9.86. The van der Waals surface area contributed by atoms with Crippen molar-refractivity contribution in [3.8, 4) is 0 Å². The van der Waals surface area contributed by atoms with Gasteiger partial charge in [0, 0.05) is 17.8 Å². The predicted octanol–water partition coefficient (Wildman–Crippen LogP) is 6.62. The lowest BCUT2D eigenvalue weighted by Gasteiger charge is -2.31. The van der Waals surface area contributed by atoms with Gasteiger partial charge in [0.05, 0.1) is 25.4 Å². The standard InChI is InChI=1S/C18H33N2OS.2C2H6/c1-9-20(7,8)16-12-10-15(11-13-16)19-22(21)18(5,6)14-17(2,3)4;2*1-2/h10-13,19H,9,14H2,1-8H3;2*1-2H3/q+1;;. The van der Waals surface area contributed by atoms with Crippen molar-refractivity contribution in [3.63, 3.8) is 0 Å². The van der Waals surface area contributed by atoms with E-state index in [2.05, 4.69) is 72.5 Å². The second-order valence-corrected chi connectivity index (χ2v) is 10.3. The minimum Gasteiger partial charge on any atom is -0.305 e. The molecule has 0 aliphatic rings. The van der Waals surface area contributed by atoms with Crippen molar-refractivity contribution in [2.24, 2.45) is 5.41 Å². The van der Waals surface area contributed by atoms with Crippen molar-refractivity contribution in [2.45, 2.75) is 80.4 Å². The van der Waals surface area contributed by atoms with E-state index in [1.165, 1.54) is 5.69 Å². The molecular weight excluding hydrogens is 340 g/mol. The van der Waals surface area contributed by atoms with Gasteiger partial charge in [0.15, 0.2) is 0 Å². The molecule has 1 aromatic rings. The lowest BCUT2D eigenvalue weighted by molar-refractivity contribution is 0.335. The highest BCUT2D eigenvalue weighted by molar-refractivity contribution is 7.87. The minimum atomic E-state index is -1.11. The maximum absolute atomic E-state index is 12.6. The second kappa shape index (κ2) is 11.8. The Morgan fingerprint density at radius 1 is 0.923 bits per heavy atom. The fourth-order valence-electron chi connectivity index (χ4n) is 2.70. The van der Waals surface area contributed by atoms with Crippen LogP contribution in [0.5, 0.6) is 0 Å². The fraction of sp³-hybridized carbons (Fsp3) is 0.727. The van der Waals surface area contributed by atoms with Crippen LogP contribution < -0.4 is 9.21 Å². The van der Waals surface area contributed by atoms with Crippen molar-refractivity contribution in [3.05, 3.63) is 24.3 Å². The van der Waals surface area contributed by atoms with Crippen molar-refractivity contribution < 1.29 is 4.21 Å². The summed E-state index contributed by atoms with van der Waals surface area (Å²) in [6.45, 7) is 21.9. The van der Waals surface area contributed by atoms with Gasteiger partial charge < -0.3 is 4.72 Å². The van der Waals surface area contributed by atoms with Gasteiger partial charge in [0.2, 0.25) is 0 Å². The van der Waals surface area contributed by atoms with Gasteiger partial charge >= 0.3 is 0 Å². The lowest BCUT2D eigenvalue weighted by Crippen LogP contribution is -2.39. The van der Waals surface area contributed by atoms with Crippen LogP contribution in [0.1, 0.15) is 75.7 Å². The molecule has 26 heavy (non-hydrogen) atoms. The summed E-state index contributed by atoms with van der Waals surface area (Å²) in [5, 5.41) is 0. The summed E-state index contributed by atoms with van der Waals surface area (Å²) in [6, 6.07) is 8.27. The third-order valence-corrected chi connectivity index (χ3v) is 5.59. The quantitative estimate of drug-likeness (QED) is 0.548. The van der Waals surface area contributed by atoms with Gasteiger partial charge in [-0.05, 0) is 44.7 Å². The number of benzene rings is 1. The van der Waals surface area contributed by atoms with Crippen molar-refractivity contribution >= 4 is 22.4 Å². The van der Waals surface area contributed by atoms with E-state index in [9.17, 15) is 4.21 Å². The third kappa shape index (κ3) is 9.72. The van der Waals surface area contributed by atoms with Crippen LogP contribution in [0.4, 0.5) is 11.4 Å². The van der Waals surface area contributed by atoms with E-state index < -0.39 is 11.0 Å². The van der Waals surface area contributed by atoms with Crippen LogP contribution in [0.3, 0.4) is 0 Å². The molecule has 0 saturated carbocycles. The zero-order chi connectivity index (χ0) is 21.2. The normalized spacial score (nSPS) is 12.9. The molecule has 0 radical (unpaired) electrons. The van der Waals surface area contributed by atoms with E-state index in [0.717, 1.165) is 23.1 Å². The number of nitrogens with zero attached hydrogens (tertiary/aromatic N) is 1. The zero-order valence-corrected chi connectivity index (χ0v) is 20.3. The first-order chi connectivity index (χ1) is 11.9. The van der Waals surface area contributed by atoms with E-state index in [4.69, 9.17) is 0 Å². The summed E-state index contributed by atoms with van der Waals surface area (Å²) in [7, 11) is 3.26. The molecule has 0 heterocycles. The van der Waals surface area contributed by atoms with Crippen LogP contribution in [-0.2, 0) is 11.0 Å². The first-order valence-electron chi connectivity index (χ1n) is 9.99. The van der Waals surface area contributed by atoms with Crippen molar-refractivity contribution in [1.82, 2.24) is 4.48 Å². The van der Waals surface area contributed by atoms with E-state index in [1.54, 1.807) is 0 Å². The minimum absolute atomic E-state index is 0.160. The van der Waals surface area contributed by atoms with Gasteiger partial charge in [-0.1, -0.05) is 48.5 Å². The molecule has 0 spiro atoms. The second-order valence-electron chi connectivity index (χ2n) is 8.42. The van der Waals surface area contributed by atoms with Gasteiger partial charge in [0.1, 0.15) is 16.7 Å². The highest BCUT2D eigenvalue weighted by Crippen LogP contribution is 2.31. The molecule has 1 aromatic carbocycles. The smallest absolute Gasteiger partial charge is 0.132 e. The molecule has 1 unspecified atom stereocenters. The molecule has 0 bridgehead atoms. The molecule has 0 aliphatic carbocycles. The van der Waals surface area contributed by atoms with Gasteiger partial charge in [-0.25, -0.2) is 4.21 Å². The van der Waals surface area contributed by atoms with E-state index in [1.807, 2.05) is 39.8 Å². The maximum Gasteiger partial charge on any atom is 0.132 e. The van der Waals surface area contributed by atoms with E-state index in [-0.39, 0.29) is 10.2 Å². The number of hydrogen-bond donors (Lipinski definition) is 1. The van der Waals surface area contributed by atoms with Crippen LogP contribution in [0, 0.1) is 5.41 Å². The van der Waals surface area contributed by atoms with Crippen LogP contribution >= 0.6 is 0 Å². The molecule has 1 N–H and O–H groups in total. The summed E-state index contributed by atoms with van der Waals surface area (Å²) in [6.07, 6.45) is 0.900. The largest absolute Gasteiger partial charge is 0.305 e. The molecule has 154 valence electrons. The molecule has 0 amide bonds. The summed E-state index contributed by atoms with van der Waals surface area (Å²) in [4.78, 5) is 0. The van der Waals surface area contributed by atoms with Gasteiger partial charge in [-0.2, -0.15) is 0 Å². The predicted molar refractivity (Wildman–Crippen MR) is 123 cm³/mol. The molecular formula is C22H45N2OS+. The summed E-state index contributed by atoms with van der Waals surface area (Å²) in [5.41, 5.74) is 2.33. The maximum atomic E-state index is 12.6. The Morgan fingerprint density at radius 3 is 1.69 bits per heavy atom. The van der Waals surface area contributed by atoms with E-state index >= 15 is 0 Å². The van der Waals surface area contributed by atoms with Gasteiger partial charge in [-0.3, -0.25) is 4.48 Å². The van der Waals surface area contributed by atoms with Crippen LogP contribution in [0.2, 0.25) is 0 Å². The highest BCUT2D eigenvalue weighted by atomic mass is 32.2. The molecule has 0 fully saturated rings. The molecule has 0 aliphatic heterocycles. The van der Waals surface area contributed by atoms with Gasteiger partial charge in [-0.15, -0.1) is 0 Å². The Bertz CT molecular complexity index is 514. The molecule has 0 aromatic heterocycles. The topological polar surface area (TPSA) is 29.1 Å². The molecule has 0 saturated heterocycles. The van der Waals surface area contributed by atoms with Crippen LogP contribution in [0.25, 0.3) is 0 Å². The SMILES string of the molecule is CC.CC.CC[N+](C)(C)c1ccc(NS(=O)C(C)(C)CC(C)(C)C)cc1. The number of nitrogens with one attached hydrogen (secondary N) is 1. The first kappa shape index (κ1) is 27.3. The van der Waals surface area contributed by atoms with E-state index in [0.29, 0.717) is 0 Å². The molecule has 3 nitrogen and oxygen atoms in total. The number of anilines is 1. The molecule has 1 rings (SSSR count). The number of hydrogen-bond acceptors (Lipinski definition) is 1. The van der Waals surface area contributed by atoms with Crippen molar-refractivity contribution in [2.75, 3.05) is 25.4 Å². The third-order valence-electron chi connectivity index (χ3n) is 4.03. The summed E-state index contributed by atoms with van der Waals surface area (Å²) in [5.74, 6) is 0. The Kier molecular flexibility index (Phi) is 12.4. The fourth-order valence-corrected chi connectivity index (χ4v) is 3.89. The number of quaternary nitrogens is 1. The van der Waals surface area contributed by atoms with Crippen LogP contribution in [0.15, 0.2) is 24.3 Å². The zero-order valence-electron chi connectivity index (χ0n) is 19.5. The Balaban J connectivity index is 0. The Morgan fingerprint density at radius 2 is 1.35 bits per heavy atom. The monoisotopic (exact) mass is 385 g/mol. The van der Waals surface area contributed by atoms with Crippen molar-refractivity contribution in [1.29, 1.82) is 0 Å². The highest BCUT2D eigenvalue weighted by Gasteiger charge is 2.31.